The van der Waals surface area contributed by atoms with Crippen LogP contribution in [0.25, 0.3) is 21.8 Å². The maximum Gasteiger partial charge on any atom is 0.261 e. The number of carbonyl (C=O) groups excluding carboxylic acids is 2. The van der Waals surface area contributed by atoms with Crippen molar-refractivity contribution < 1.29 is 14.3 Å². The standard InChI is InChI=1S/C27H27N3O3/c1-2-29-23-12-7-6-11-21(23)22-17-19(13-14-24(22)29)27(26(28)32)15-8-16-30(27)25(31)18-33-20-9-4-3-5-10-20/h3-7,9-14,17H,2,8,15-16,18H2,1H3,(H2,28,32). The molecule has 0 aliphatic carbocycles. The summed E-state index contributed by atoms with van der Waals surface area (Å²) >= 11 is 0. The Morgan fingerprint density at radius 1 is 0.970 bits per heavy atom. The van der Waals surface area contributed by atoms with E-state index in [1.165, 1.54) is 0 Å². The Morgan fingerprint density at radius 2 is 1.70 bits per heavy atom. The lowest BCUT2D eigenvalue weighted by Gasteiger charge is -2.36. The van der Waals surface area contributed by atoms with Gasteiger partial charge in [-0.05, 0) is 55.7 Å². The molecular weight excluding hydrogens is 414 g/mol. The summed E-state index contributed by atoms with van der Waals surface area (Å²) in [7, 11) is 0. The number of likely N-dealkylation sites (tertiary alicyclic amines) is 1. The van der Waals surface area contributed by atoms with Crippen molar-refractivity contribution in [2.45, 2.75) is 31.8 Å². The zero-order valence-corrected chi connectivity index (χ0v) is 18.7. The number of fused-ring (bicyclic) bond motifs is 3. The summed E-state index contributed by atoms with van der Waals surface area (Å²) in [6, 6.07) is 23.5. The third-order valence-corrected chi connectivity index (χ3v) is 6.76. The molecule has 1 aliphatic heterocycles. The van der Waals surface area contributed by atoms with Crippen LogP contribution in [0.2, 0.25) is 0 Å². The molecule has 1 saturated heterocycles. The third kappa shape index (κ3) is 3.33. The average Bonchev–Trinajstić information content (AvgIpc) is 3.43. The van der Waals surface area contributed by atoms with Crippen molar-refractivity contribution in [3.63, 3.8) is 0 Å². The van der Waals surface area contributed by atoms with E-state index in [0.29, 0.717) is 25.1 Å². The van der Waals surface area contributed by atoms with E-state index in [-0.39, 0.29) is 12.5 Å². The molecule has 0 bridgehead atoms. The summed E-state index contributed by atoms with van der Waals surface area (Å²) in [5.41, 5.74) is 7.84. The third-order valence-electron chi connectivity index (χ3n) is 6.76. The number of para-hydroxylation sites is 2. The summed E-state index contributed by atoms with van der Waals surface area (Å²) in [6.45, 7) is 3.28. The number of nitrogens with zero attached hydrogens (tertiary/aromatic N) is 2. The van der Waals surface area contributed by atoms with Gasteiger partial charge in [0.1, 0.15) is 11.3 Å². The Bertz CT molecular complexity index is 1350. The van der Waals surface area contributed by atoms with Gasteiger partial charge in [0.25, 0.3) is 5.91 Å². The van der Waals surface area contributed by atoms with Gasteiger partial charge < -0.3 is 19.9 Å². The molecule has 3 aromatic carbocycles. The highest BCUT2D eigenvalue weighted by Crippen LogP contribution is 2.41. The van der Waals surface area contributed by atoms with E-state index >= 15 is 0 Å². The van der Waals surface area contributed by atoms with Gasteiger partial charge in [0.15, 0.2) is 6.61 Å². The van der Waals surface area contributed by atoms with E-state index in [1.54, 1.807) is 17.0 Å². The quantitative estimate of drug-likeness (QED) is 0.487. The van der Waals surface area contributed by atoms with Crippen molar-refractivity contribution in [1.29, 1.82) is 0 Å². The number of rotatable bonds is 6. The van der Waals surface area contributed by atoms with E-state index in [9.17, 15) is 9.59 Å². The van der Waals surface area contributed by atoms with Crippen molar-refractivity contribution >= 4 is 33.6 Å². The number of nitrogens with two attached hydrogens (primary N) is 1. The number of amides is 2. The van der Waals surface area contributed by atoms with Crippen LogP contribution in [0.5, 0.6) is 5.75 Å². The summed E-state index contributed by atoms with van der Waals surface area (Å²) < 4.78 is 7.95. The fraction of sp³-hybridized carbons (Fsp3) is 0.259. The molecule has 2 heterocycles. The summed E-state index contributed by atoms with van der Waals surface area (Å²) in [4.78, 5) is 27.8. The van der Waals surface area contributed by atoms with Gasteiger partial charge in [0.2, 0.25) is 5.91 Å². The van der Waals surface area contributed by atoms with E-state index < -0.39 is 11.4 Å². The second-order valence-corrected chi connectivity index (χ2v) is 8.47. The van der Waals surface area contributed by atoms with Crippen molar-refractivity contribution in [2.75, 3.05) is 13.2 Å². The van der Waals surface area contributed by atoms with E-state index in [0.717, 1.165) is 33.9 Å². The molecule has 168 valence electrons. The highest BCUT2D eigenvalue weighted by Gasteiger charge is 2.50. The molecule has 0 radical (unpaired) electrons. The van der Waals surface area contributed by atoms with Gasteiger partial charge >= 0.3 is 0 Å². The number of benzene rings is 3. The lowest BCUT2D eigenvalue weighted by atomic mass is 9.85. The predicted octanol–water partition coefficient (Wildman–Crippen LogP) is 4.20. The van der Waals surface area contributed by atoms with E-state index in [4.69, 9.17) is 10.5 Å². The molecule has 2 amide bonds. The molecule has 2 N–H and O–H groups in total. The molecular formula is C27H27N3O3. The zero-order valence-electron chi connectivity index (χ0n) is 18.7. The van der Waals surface area contributed by atoms with Crippen molar-refractivity contribution in [3.05, 3.63) is 78.4 Å². The first-order valence-corrected chi connectivity index (χ1v) is 11.4. The summed E-state index contributed by atoms with van der Waals surface area (Å²) in [6.07, 6.45) is 1.20. The van der Waals surface area contributed by atoms with Gasteiger partial charge in [-0.2, -0.15) is 0 Å². The maximum atomic E-state index is 13.2. The highest BCUT2D eigenvalue weighted by molar-refractivity contribution is 6.08. The first-order chi connectivity index (χ1) is 16.1. The molecule has 1 unspecified atom stereocenters. The molecule has 1 fully saturated rings. The topological polar surface area (TPSA) is 77.6 Å². The Labute approximate surface area is 192 Å². The number of carbonyl (C=O) groups is 2. The van der Waals surface area contributed by atoms with Crippen LogP contribution >= 0.6 is 0 Å². The minimum Gasteiger partial charge on any atom is -0.484 e. The Balaban J connectivity index is 1.56. The van der Waals surface area contributed by atoms with Crippen LogP contribution in [0.3, 0.4) is 0 Å². The van der Waals surface area contributed by atoms with Gasteiger partial charge in [-0.25, -0.2) is 0 Å². The fourth-order valence-electron chi connectivity index (χ4n) is 5.25. The number of ether oxygens (including phenoxy) is 1. The second kappa shape index (κ2) is 8.28. The monoisotopic (exact) mass is 441 g/mol. The molecule has 6 nitrogen and oxygen atoms in total. The van der Waals surface area contributed by atoms with Crippen LogP contribution in [0.15, 0.2) is 72.8 Å². The predicted molar refractivity (Wildman–Crippen MR) is 129 cm³/mol. The highest BCUT2D eigenvalue weighted by atomic mass is 16.5. The summed E-state index contributed by atoms with van der Waals surface area (Å²) in [5.74, 6) is -0.138. The number of aryl methyl sites for hydroxylation is 1. The van der Waals surface area contributed by atoms with Crippen LogP contribution in [-0.2, 0) is 21.7 Å². The molecule has 5 rings (SSSR count). The van der Waals surface area contributed by atoms with Crippen LogP contribution in [0.1, 0.15) is 25.3 Å². The van der Waals surface area contributed by atoms with Gasteiger partial charge in [-0.15, -0.1) is 0 Å². The molecule has 0 saturated carbocycles. The smallest absolute Gasteiger partial charge is 0.261 e. The lowest BCUT2D eigenvalue weighted by molar-refractivity contribution is -0.145. The molecule has 6 heteroatoms. The normalized spacial score (nSPS) is 18.2. The molecule has 1 aromatic heterocycles. The second-order valence-electron chi connectivity index (χ2n) is 8.47. The number of hydrogen-bond donors (Lipinski definition) is 1. The minimum atomic E-state index is -1.18. The van der Waals surface area contributed by atoms with Gasteiger partial charge in [-0.3, -0.25) is 9.59 Å². The van der Waals surface area contributed by atoms with E-state index in [2.05, 4.69) is 23.6 Å². The summed E-state index contributed by atoms with van der Waals surface area (Å²) in [5, 5.41) is 2.18. The van der Waals surface area contributed by atoms with Crippen molar-refractivity contribution in [1.82, 2.24) is 9.47 Å². The molecule has 1 atom stereocenters. The van der Waals surface area contributed by atoms with Crippen LogP contribution in [-0.4, -0.2) is 34.4 Å². The molecule has 1 aliphatic rings. The Hall–Kier alpha value is -3.80. The largest absolute Gasteiger partial charge is 0.484 e. The average molecular weight is 442 g/mol. The fourth-order valence-corrected chi connectivity index (χ4v) is 5.25. The number of aromatic nitrogens is 1. The molecule has 33 heavy (non-hydrogen) atoms. The van der Waals surface area contributed by atoms with Crippen LogP contribution < -0.4 is 10.5 Å². The SMILES string of the molecule is CCn1c2ccccc2c2cc(C3(C(N)=O)CCCN3C(=O)COc3ccccc3)ccc21. The van der Waals surface area contributed by atoms with Gasteiger partial charge in [0, 0.05) is 34.9 Å². The van der Waals surface area contributed by atoms with Crippen molar-refractivity contribution in [3.8, 4) is 5.75 Å². The molecule has 4 aromatic rings. The lowest BCUT2D eigenvalue weighted by Crippen LogP contribution is -2.54. The molecule has 0 spiro atoms. The number of primary amides is 1. The van der Waals surface area contributed by atoms with Gasteiger partial charge in [0.05, 0.1) is 0 Å². The van der Waals surface area contributed by atoms with Crippen LogP contribution in [0, 0.1) is 0 Å². The van der Waals surface area contributed by atoms with Crippen LogP contribution in [0.4, 0.5) is 0 Å². The van der Waals surface area contributed by atoms with E-state index in [1.807, 2.05) is 48.5 Å². The zero-order chi connectivity index (χ0) is 23.0. The number of hydrogen-bond acceptors (Lipinski definition) is 3. The first kappa shape index (κ1) is 21.1. The van der Waals surface area contributed by atoms with Crippen molar-refractivity contribution in [2.24, 2.45) is 5.73 Å². The minimum absolute atomic E-state index is 0.142. The Morgan fingerprint density at radius 3 is 2.45 bits per heavy atom. The maximum absolute atomic E-state index is 13.2. The Kier molecular flexibility index (Phi) is 5.29. The van der Waals surface area contributed by atoms with Gasteiger partial charge in [-0.1, -0.05) is 42.5 Å². The first-order valence-electron chi connectivity index (χ1n) is 11.4.